The highest BCUT2D eigenvalue weighted by molar-refractivity contribution is 5.92. The van der Waals surface area contributed by atoms with Crippen LogP contribution in [0.25, 0.3) is 0 Å². The first-order valence-electron chi connectivity index (χ1n) is 9.17. The van der Waals surface area contributed by atoms with Crippen LogP contribution in [0.3, 0.4) is 0 Å². The number of likely N-dealkylation sites (N-methyl/N-ethyl adjacent to an activating group) is 1. The Balaban J connectivity index is 0.00000210. The molecule has 2 aromatic rings. The molecule has 3 heterocycles. The number of likely N-dealkylation sites (tertiary alicyclic amines) is 1. The predicted octanol–water partition coefficient (Wildman–Crippen LogP) is 2.10. The van der Waals surface area contributed by atoms with Gasteiger partial charge in [-0.3, -0.25) is 14.3 Å². The molecule has 1 aliphatic rings. The number of nitrogens with one attached hydrogen (secondary N) is 2. The Morgan fingerprint density at radius 3 is 2.66 bits per heavy atom. The van der Waals surface area contributed by atoms with Crippen LogP contribution < -0.4 is 10.6 Å². The number of hydrogen-bond donors (Lipinski definition) is 2. The lowest BCUT2D eigenvalue weighted by atomic mass is 9.96. The van der Waals surface area contributed by atoms with Gasteiger partial charge in [0.05, 0.1) is 12.1 Å². The summed E-state index contributed by atoms with van der Waals surface area (Å²) in [7, 11) is 3.58. The van der Waals surface area contributed by atoms with Crippen molar-refractivity contribution in [1.82, 2.24) is 25.0 Å². The first-order valence-corrected chi connectivity index (χ1v) is 9.17. The minimum Gasteiger partial charge on any atom is -0.340 e. The van der Waals surface area contributed by atoms with Crippen molar-refractivity contribution in [3.05, 3.63) is 41.9 Å². The maximum atomic E-state index is 13.0. The van der Waals surface area contributed by atoms with E-state index in [1.165, 1.54) is 0 Å². The highest BCUT2D eigenvalue weighted by atomic mass is 35.5. The molecule has 8 nitrogen and oxygen atoms in total. The Bertz CT molecular complexity index is 829. The molecule has 160 valence electrons. The normalized spacial score (nSPS) is 16.9. The topological polar surface area (TPSA) is 92.2 Å². The number of hydrogen-bond acceptors (Lipinski definition) is 5. The van der Waals surface area contributed by atoms with Crippen LogP contribution in [0.15, 0.2) is 30.6 Å². The summed E-state index contributed by atoms with van der Waals surface area (Å²) in [5.41, 5.74) is 1.67. The van der Waals surface area contributed by atoms with Gasteiger partial charge in [0.2, 0.25) is 11.8 Å². The Morgan fingerprint density at radius 2 is 2.03 bits per heavy atom. The van der Waals surface area contributed by atoms with Crippen LogP contribution in [-0.4, -0.2) is 51.6 Å². The van der Waals surface area contributed by atoms with Crippen molar-refractivity contribution in [3.8, 4) is 0 Å². The fourth-order valence-electron chi connectivity index (χ4n) is 3.44. The van der Waals surface area contributed by atoms with Crippen molar-refractivity contribution in [1.29, 1.82) is 0 Å². The van der Waals surface area contributed by atoms with Gasteiger partial charge in [-0.25, -0.2) is 4.98 Å². The average molecular weight is 443 g/mol. The highest BCUT2D eigenvalue weighted by Crippen LogP contribution is 2.22. The third-order valence-corrected chi connectivity index (χ3v) is 4.84. The molecule has 29 heavy (non-hydrogen) atoms. The van der Waals surface area contributed by atoms with Crippen LogP contribution in [0.4, 0.5) is 5.82 Å². The van der Waals surface area contributed by atoms with Gasteiger partial charge in [0.1, 0.15) is 11.9 Å². The van der Waals surface area contributed by atoms with E-state index in [0.717, 1.165) is 24.1 Å². The van der Waals surface area contributed by atoms with Crippen LogP contribution in [0.2, 0.25) is 0 Å². The molecule has 0 radical (unpaired) electrons. The van der Waals surface area contributed by atoms with Crippen molar-refractivity contribution < 1.29 is 9.59 Å². The standard InChI is InChI=1S/C19H26N6O2.2ClH/c1-13-6-4-8-16(22-13)23-18(26)14-7-5-9-25(12-14)19(27)17(20-2)15-10-21-24(3)11-15;;/h4,6,8,10-11,14,17,20H,5,7,9,12H2,1-3H3,(H,22,23,26);2*1H. The predicted molar refractivity (Wildman–Crippen MR) is 116 cm³/mol. The maximum absolute atomic E-state index is 13.0. The van der Waals surface area contributed by atoms with Gasteiger partial charge in [0.25, 0.3) is 0 Å². The van der Waals surface area contributed by atoms with Gasteiger partial charge in [-0.1, -0.05) is 6.07 Å². The molecule has 1 saturated heterocycles. The second-order valence-electron chi connectivity index (χ2n) is 6.95. The Labute approximate surface area is 183 Å². The van der Waals surface area contributed by atoms with Crippen molar-refractivity contribution >= 4 is 42.4 Å². The summed E-state index contributed by atoms with van der Waals surface area (Å²) in [5, 5.41) is 10.1. The molecule has 0 spiro atoms. The van der Waals surface area contributed by atoms with E-state index in [0.29, 0.717) is 18.9 Å². The fourth-order valence-corrected chi connectivity index (χ4v) is 3.44. The van der Waals surface area contributed by atoms with Crippen LogP contribution in [0.5, 0.6) is 0 Å². The molecule has 2 unspecified atom stereocenters. The lowest BCUT2D eigenvalue weighted by molar-refractivity contribution is -0.136. The molecule has 1 fully saturated rings. The minimum absolute atomic E-state index is 0. The first-order chi connectivity index (χ1) is 13.0. The number of aryl methyl sites for hydroxylation is 2. The molecule has 10 heteroatoms. The molecular formula is C19H28Cl2N6O2. The third kappa shape index (κ3) is 6.16. The molecule has 2 N–H and O–H groups in total. The number of carbonyl (C=O) groups is 2. The molecule has 0 bridgehead atoms. The van der Waals surface area contributed by atoms with Crippen LogP contribution >= 0.6 is 24.8 Å². The summed E-state index contributed by atoms with van der Waals surface area (Å²) in [5.74, 6) is 0.188. The van der Waals surface area contributed by atoms with Gasteiger partial charge in [-0.15, -0.1) is 24.8 Å². The van der Waals surface area contributed by atoms with E-state index in [1.807, 2.05) is 32.3 Å². The number of amides is 2. The molecule has 0 aliphatic carbocycles. The van der Waals surface area contributed by atoms with Gasteiger partial charge < -0.3 is 15.5 Å². The zero-order valence-electron chi connectivity index (χ0n) is 16.8. The number of piperidine rings is 1. The van der Waals surface area contributed by atoms with E-state index in [4.69, 9.17) is 0 Å². The number of carbonyl (C=O) groups excluding carboxylic acids is 2. The Kier molecular flexibility index (Phi) is 9.55. The summed E-state index contributed by atoms with van der Waals surface area (Å²) in [6.07, 6.45) is 5.08. The molecule has 3 rings (SSSR count). The molecular weight excluding hydrogens is 415 g/mol. The average Bonchev–Trinajstić information content (AvgIpc) is 3.08. The zero-order chi connectivity index (χ0) is 19.4. The lowest BCUT2D eigenvalue weighted by Crippen LogP contribution is -2.47. The van der Waals surface area contributed by atoms with Crippen molar-refractivity contribution in [2.24, 2.45) is 13.0 Å². The quantitative estimate of drug-likeness (QED) is 0.739. The second kappa shape index (κ2) is 11.1. The number of aromatic nitrogens is 3. The number of nitrogens with zero attached hydrogens (tertiary/aromatic N) is 4. The number of rotatable bonds is 5. The molecule has 0 aromatic carbocycles. The fraction of sp³-hybridized carbons (Fsp3) is 0.474. The second-order valence-corrected chi connectivity index (χ2v) is 6.95. The number of halogens is 2. The summed E-state index contributed by atoms with van der Waals surface area (Å²) in [6.45, 7) is 2.95. The lowest BCUT2D eigenvalue weighted by Gasteiger charge is -2.34. The van der Waals surface area contributed by atoms with Gasteiger partial charge in [-0.2, -0.15) is 5.10 Å². The van der Waals surface area contributed by atoms with E-state index >= 15 is 0 Å². The van der Waals surface area contributed by atoms with E-state index in [-0.39, 0.29) is 42.5 Å². The molecule has 2 aromatic heterocycles. The maximum Gasteiger partial charge on any atom is 0.244 e. The van der Waals surface area contributed by atoms with Crippen molar-refractivity contribution in [2.75, 3.05) is 25.5 Å². The van der Waals surface area contributed by atoms with E-state index in [9.17, 15) is 9.59 Å². The highest BCUT2D eigenvalue weighted by Gasteiger charge is 2.32. The molecule has 0 saturated carbocycles. The molecule has 2 atom stereocenters. The van der Waals surface area contributed by atoms with Crippen LogP contribution in [-0.2, 0) is 16.6 Å². The Hall–Kier alpha value is -2.16. The van der Waals surface area contributed by atoms with Crippen molar-refractivity contribution in [2.45, 2.75) is 25.8 Å². The molecule has 2 amide bonds. The van der Waals surface area contributed by atoms with E-state index < -0.39 is 6.04 Å². The summed E-state index contributed by atoms with van der Waals surface area (Å²) in [6, 6.07) is 5.06. The molecule has 1 aliphatic heterocycles. The number of anilines is 1. The monoisotopic (exact) mass is 442 g/mol. The summed E-state index contributed by atoms with van der Waals surface area (Å²) < 4.78 is 1.67. The van der Waals surface area contributed by atoms with E-state index in [2.05, 4.69) is 20.7 Å². The smallest absolute Gasteiger partial charge is 0.244 e. The van der Waals surface area contributed by atoms with Crippen LogP contribution in [0, 0.1) is 12.8 Å². The minimum atomic E-state index is -0.459. The first kappa shape index (κ1) is 24.9. The Morgan fingerprint density at radius 1 is 1.28 bits per heavy atom. The number of pyridine rings is 1. The van der Waals surface area contributed by atoms with Crippen molar-refractivity contribution in [3.63, 3.8) is 0 Å². The van der Waals surface area contributed by atoms with Gasteiger partial charge in [-0.05, 0) is 38.9 Å². The van der Waals surface area contributed by atoms with Crippen LogP contribution in [0.1, 0.15) is 30.1 Å². The van der Waals surface area contributed by atoms with Gasteiger partial charge in [0, 0.05) is 37.6 Å². The van der Waals surface area contributed by atoms with Gasteiger partial charge >= 0.3 is 0 Å². The summed E-state index contributed by atoms with van der Waals surface area (Å²) in [4.78, 5) is 31.7. The summed E-state index contributed by atoms with van der Waals surface area (Å²) >= 11 is 0. The third-order valence-electron chi connectivity index (χ3n) is 4.84. The SMILES string of the molecule is CNC(C(=O)N1CCCC(C(=O)Nc2cccc(C)n2)C1)c1cnn(C)c1.Cl.Cl. The zero-order valence-corrected chi connectivity index (χ0v) is 18.4. The van der Waals surface area contributed by atoms with Gasteiger partial charge in [0.15, 0.2) is 0 Å². The largest absolute Gasteiger partial charge is 0.340 e. The van der Waals surface area contributed by atoms with E-state index in [1.54, 1.807) is 28.9 Å².